The first-order valence-corrected chi connectivity index (χ1v) is 21.0. The van der Waals surface area contributed by atoms with Gasteiger partial charge in [0.25, 0.3) is 7.82 Å². The maximum Gasteiger partial charge on any atom is 0.268 e. The number of nitrogens with zero attached hydrogens (tertiary/aromatic N) is 1. The number of rotatable bonds is 35. The molecule has 0 rings (SSSR count). The number of phosphoric ester groups is 1. The van der Waals surface area contributed by atoms with Crippen molar-refractivity contribution in [2.24, 2.45) is 0 Å². The van der Waals surface area contributed by atoms with E-state index in [0.29, 0.717) is 17.4 Å². The van der Waals surface area contributed by atoms with Crippen molar-refractivity contribution in [1.29, 1.82) is 0 Å². The minimum Gasteiger partial charge on any atom is -0.756 e. The lowest BCUT2D eigenvalue weighted by Crippen LogP contribution is -2.45. The second-order valence-electron chi connectivity index (χ2n) is 14.6. The summed E-state index contributed by atoms with van der Waals surface area (Å²) in [6, 6.07) is -0.877. The van der Waals surface area contributed by atoms with E-state index >= 15 is 0 Å². The van der Waals surface area contributed by atoms with Gasteiger partial charge in [0.1, 0.15) is 13.2 Å². The smallest absolute Gasteiger partial charge is 0.268 e. The van der Waals surface area contributed by atoms with Crippen LogP contribution in [0, 0.1) is 0 Å². The SMILES string of the molecule is CCCCCCCCC/C=C/C(O)C(COP(=O)([O-])OCC[N+](C)(C)C)NC(=O)CCCCCCCCCCCCCCCCCC. The number of unbranched alkanes of at least 4 members (excludes halogenated alkanes) is 22. The zero-order chi connectivity index (χ0) is 35.1. The van der Waals surface area contributed by atoms with Crippen LogP contribution in [0.2, 0.25) is 0 Å². The quantitative estimate of drug-likeness (QED) is 0.0297. The monoisotopic (exact) mass is 689 g/mol. The molecule has 0 aromatic carbocycles. The molecule has 1 amide bonds. The molecule has 0 radical (unpaired) electrons. The number of hydrogen-bond donors (Lipinski definition) is 2. The molecule has 3 atom stereocenters. The van der Waals surface area contributed by atoms with Crippen LogP contribution in [0.3, 0.4) is 0 Å². The number of carbonyl (C=O) groups is 1. The molecule has 9 heteroatoms. The van der Waals surface area contributed by atoms with E-state index in [4.69, 9.17) is 9.05 Å². The number of aliphatic hydroxyl groups is 1. The Morgan fingerprint density at radius 2 is 1.15 bits per heavy atom. The lowest BCUT2D eigenvalue weighted by atomic mass is 10.0. The van der Waals surface area contributed by atoms with Gasteiger partial charge in [-0.3, -0.25) is 9.36 Å². The number of quaternary nitrogens is 1. The summed E-state index contributed by atoms with van der Waals surface area (Å²) in [6.45, 7) is 4.61. The molecule has 280 valence electrons. The van der Waals surface area contributed by atoms with Gasteiger partial charge in [0.05, 0.1) is 39.9 Å². The fourth-order valence-electron chi connectivity index (χ4n) is 5.56. The molecule has 0 saturated heterocycles. The van der Waals surface area contributed by atoms with Crippen LogP contribution in [0.4, 0.5) is 0 Å². The molecule has 0 bridgehead atoms. The Bertz CT molecular complexity index is 789. The van der Waals surface area contributed by atoms with Gasteiger partial charge >= 0.3 is 0 Å². The van der Waals surface area contributed by atoms with E-state index in [0.717, 1.165) is 38.5 Å². The molecule has 47 heavy (non-hydrogen) atoms. The zero-order valence-corrected chi connectivity index (χ0v) is 32.4. The lowest BCUT2D eigenvalue weighted by Gasteiger charge is -2.29. The van der Waals surface area contributed by atoms with Crippen LogP contribution in [0.25, 0.3) is 0 Å². The molecule has 0 aliphatic carbocycles. The Morgan fingerprint density at radius 3 is 1.60 bits per heavy atom. The number of amides is 1. The Balaban J connectivity index is 4.40. The van der Waals surface area contributed by atoms with Crippen molar-refractivity contribution in [3.05, 3.63) is 12.2 Å². The Labute approximate surface area is 291 Å². The van der Waals surface area contributed by atoms with Gasteiger partial charge in [0.2, 0.25) is 5.91 Å². The first-order valence-electron chi connectivity index (χ1n) is 19.6. The number of carbonyl (C=O) groups excluding carboxylic acids is 1. The molecule has 0 saturated carbocycles. The lowest BCUT2D eigenvalue weighted by molar-refractivity contribution is -0.870. The highest BCUT2D eigenvalue weighted by Gasteiger charge is 2.23. The summed E-state index contributed by atoms with van der Waals surface area (Å²) in [5, 5.41) is 13.7. The summed E-state index contributed by atoms with van der Waals surface area (Å²) < 4.78 is 23.0. The van der Waals surface area contributed by atoms with Crippen molar-refractivity contribution in [3.8, 4) is 0 Å². The predicted octanol–water partition coefficient (Wildman–Crippen LogP) is 9.39. The second-order valence-corrected chi connectivity index (χ2v) is 16.1. The van der Waals surface area contributed by atoms with E-state index in [1.54, 1.807) is 6.08 Å². The van der Waals surface area contributed by atoms with Gasteiger partial charge in [-0.15, -0.1) is 0 Å². The maximum absolute atomic E-state index is 12.8. The molecular formula is C38H77N2O6P. The molecular weight excluding hydrogens is 611 g/mol. The molecule has 3 unspecified atom stereocenters. The van der Waals surface area contributed by atoms with Crippen LogP contribution in [-0.2, 0) is 18.4 Å². The summed E-state index contributed by atoms with van der Waals surface area (Å²) >= 11 is 0. The minimum atomic E-state index is -4.57. The average molecular weight is 689 g/mol. The molecule has 8 nitrogen and oxygen atoms in total. The molecule has 0 aromatic heterocycles. The van der Waals surface area contributed by atoms with Gasteiger partial charge < -0.3 is 28.8 Å². The Hall–Kier alpha value is -0.760. The number of allylic oxidation sites excluding steroid dienone is 1. The number of phosphoric acid groups is 1. The maximum atomic E-state index is 12.8. The van der Waals surface area contributed by atoms with Crippen LogP contribution < -0.4 is 10.2 Å². The molecule has 0 aliphatic rings. The van der Waals surface area contributed by atoms with E-state index in [2.05, 4.69) is 19.2 Å². The third-order valence-electron chi connectivity index (χ3n) is 8.75. The fraction of sp³-hybridized carbons (Fsp3) is 0.921. The van der Waals surface area contributed by atoms with Gasteiger partial charge in [-0.05, 0) is 19.3 Å². The summed E-state index contributed by atoms with van der Waals surface area (Å²) in [6.07, 6.45) is 32.5. The Kier molecular flexibility index (Phi) is 30.7. The van der Waals surface area contributed by atoms with E-state index in [1.807, 2.05) is 27.2 Å². The van der Waals surface area contributed by atoms with Gasteiger partial charge in [0, 0.05) is 6.42 Å². The highest BCUT2D eigenvalue weighted by Crippen LogP contribution is 2.38. The summed E-state index contributed by atoms with van der Waals surface area (Å²) in [5.41, 5.74) is 0. The molecule has 0 aliphatic heterocycles. The van der Waals surface area contributed by atoms with E-state index in [9.17, 15) is 19.4 Å². The van der Waals surface area contributed by atoms with Crippen LogP contribution in [0.15, 0.2) is 12.2 Å². The van der Waals surface area contributed by atoms with E-state index < -0.39 is 20.0 Å². The highest BCUT2D eigenvalue weighted by molar-refractivity contribution is 7.45. The number of aliphatic hydroxyl groups excluding tert-OH is 1. The molecule has 0 heterocycles. The predicted molar refractivity (Wildman–Crippen MR) is 196 cm³/mol. The number of hydrogen-bond acceptors (Lipinski definition) is 6. The molecule has 0 aromatic rings. The first kappa shape index (κ1) is 46.2. The van der Waals surface area contributed by atoms with Crippen LogP contribution in [0.5, 0.6) is 0 Å². The topological polar surface area (TPSA) is 108 Å². The van der Waals surface area contributed by atoms with Crippen molar-refractivity contribution >= 4 is 13.7 Å². The summed E-state index contributed by atoms with van der Waals surface area (Å²) in [4.78, 5) is 25.1. The zero-order valence-electron chi connectivity index (χ0n) is 31.5. The third-order valence-corrected chi connectivity index (χ3v) is 9.71. The molecule has 0 spiro atoms. The van der Waals surface area contributed by atoms with Gasteiger partial charge in [-0.2, -0.15) is 0 Å². The summed E-state index contributed by atoms with van der Waals surface area (Å²) in [7, 11) is 1.26. The largest absolute Gasteiger partial charge is 0.756 e. The summed E-state index contributed by atoms with van der Waals surface area (Å²) in [5.74, 6) is -0.199. The van der Waals surface area contributed by atoms with E-state index in [-0.39, 0.29) is 19.1 Å². The van der Waals surface area contributed by atoms with Crippen molar-refractivity contribution in [2.75, 3.05) is 40.9 Å². The second kappa shape index (κ2) is 31.2. The van der Waals surface area contributed by atoms with Crippen molar-refractivity contribution in [2.45, 2.75) is 187 Å². The standard InChI is InChI=1S/C38H77N2O6P/c1-6-8-10-12-14-16-17-18-19-20-21-22-24-26-28-30-32-38(42)39-36(35-46-47(43,44)45-34-33-40(3,4)5)37(41)31-29-27-25-23-15-13-11-9-7-2/h29,31,36-37,41H,6-28,30,32-35H2,1-5H3,(H-,39,42,43,44)/b31-29+. The van der Waals surface area contributed by atoms with Crippen molar-refractivity contribution < 1.29 is 32.9 Å². The molecule has 2 N–H and O–H groups in total. The number of likely N-dealkylation sites (N-methyl/N-ethyl adjacent to an activating group) is 1. The third kappa shape index (κ3) is 33.5. The van der Waals surface area contributed by atoms with Crippen LogP contribution >= 0.6 is 7.82 Å². The highest BCUT2D eigenvalue weighted by atomic mass is 31.2. The van der Waals surface area contributed by atoms with Gasteiger partial charge in [-0.1, -0.05) is 161 Å². The van der Waals surface area contributed by atoms with Gasteiger partial charge in [-0.25, -0.2) is 0 Å². The molecule has 0 fully saturated rings. The van der Waals surface area contributed by atoms with Crippen molar-refractivity contribution in [1.82, 2.24) is 5.32 Å². The Morgan fingerprint density at radius 1 is 0.723 bits per heavy atom. The van der Waals surface area contributed by atoms with Crippen LogP contribution in [-0.4, -0.2) is 68.5 Å². The van der Waals surface area contributed by atoms with E-state index in [1.165, 1.54) is 116 Å². The average Bonchev–Trinajstić information content (AvgIpc) is 3.01. The van der Waals surface area contributed by atoms with Gasteiger partial charge in [0.15, 0.2) is 0 Å². The fourth-order valence-corrected chi connectivity index (χ4v) is 6.29. The van der Waals surface area contributed by atoms with Crippen molar-refractivity contribution in [3.63, 3.8) is 0 Å². The number of nitrogens with one attached hydrogen (secondary N) is 1. The normalized spacial score (nSPS) is 14.8. The first-order chi connectivity index (χ1) is 22.5. The van der Waals surface area contributed by atoms with Crippen LogP contribution in [0.1, 0.15) is 174 Å². The minimum absolute atomic E-state index is 0.00145.